The second-order valence-electron chi connectivity index (χ2n) is 6.92. The Bertz CT molecular complexity index is 594. The topological polar surface area (TPSA) is 188 Å². The Morgan fingerprint density at radius 3 is 1.96 bits per heavy atom. The molecule has 0 aliphatic heterocycles. The molecule has 11 nitrogen and oxygen atoms in total. The van der Waals surface area contributed by atoms with Gasteiger partial charge in [-0.25, -0.2) is 4.79 Å². The fourth-order valence-electron chi connectivity index (χ4n) is 2.19. The Balaban J connectivity index is 4.90. The van der Waals surface area contributed by atoms with Crippen molar-refractivity contribution >= 4 is 29.7 Å². The number of nitrogens with two attached hydrogens (primary N) is 1. The number of rotatable bonds is 12. The van der Waals surface area contributed by atoms with Crippen LogP contribution in [0.1, 0.15) is 40.5 Å². The first-order valence-corrected chi connectivity index (χ1v) is 8.98. The maximum atomic E-state index is 12.2. The van der Waals surface area contributed by atoms with Gasteiger partial charge >= 0.3 is 11.9 Å². The van der Waals surface area contributed by atoms with E-state index in [2.05, 4.69) is 16.0 Å². The number of carbonyl (C=O) groups excluding carboxylic acids is 3. The zero-order chi connectivity index (χ0) is 22.0. The average molecular weight is 402 g/mol. The minimum atomic E-state index is -1.42. The van der Waals surface area contributed by atoms with Crippen molar-refractivity contribution in [2.24, 2.45) is 17.6 Å². The van der Waals surface area contributed by atoms with Crippen LogP contribution in [0.15, 0.2) is 0 Å². The number of nitrogens with one attached hydrogen (secondary N) is 3. The zero-order valence-electron chi connectivity index (χ0n) is 16.5. The molecule has 0 fully saturated rings. The Labute approximate surface area is 163 Å². The van der Waals surface area contributed by atoms with Crippen molar-refractivity contribution in [2.75, 3.05) is 6.54 Å². The van der Waals surface area contributed by atoms with Crippen LogP contribution < -0.4 is 21.7 Å². The highest BCUT2D eigenvalue weighted by molar-refractivity contribution is 5.94. The molecular weight excluding hydrogens is 372 g/mol. The van der Waals surface area contributed by atoms with Gasteiger partial charge in [-0.2, -0.15) is 0 Å². The predicted molar refractivity (Wildman–Crippen MR) is 99.0 cm³/mol. The normalized spacial score (nSPS) is 15.1. The van der Waals surface area contributed by atoms with Crippen molar-refractivity contribution in [3.63, 3.8) is 0 Å². The molecule has 4 atom stereocenters. The van der Waals surface area contributed by atoms with Crippen LogP contribution in [0.25, 0.3) is 0 Å². The number of carbonyl (C=O) groups is 5. The molecule has 7 N–H and O–H groups in total. The summed E-state index contributed by atoms with van der Waals surface area (Å²) in [5.41, 5.74) is 5.77. The maximum Gasteiger partial charge on any atom is 0.326 e. The summed E-state index contributed by atoms with van der Waals surface area (Å²) in [7, 11) is 0. The van der Waals surface area contributed by atoms with E-state index in [-0.39, 0.29) is 11.8 Å². The molecule has 0 bridgehead atoms. The van der Waals surface area contributed by atoms with E-state index in [0.29, 0.717) is 6.42 Å². The van der Waals surface area contributed by atoms with E-state index in [1.807, 2.05) is 6.92 Å². The lowest BCUT2D eigenvalue weighted by atomic mass is 9.99. The lowest BCUT2D eigenvalue weighted by molar-refractivity contribution is -0.143. The first-order valence-electron chi connectivity index (χ1n) is 8.98. The molecule has 0 saturated heterocycles. The van der Waals surface area contributed by atoms with Gasteiger partial charge in [0.05, 0.1) is 19.0 Å². The quantitative estimate of drug-likeness (QED) is 0.231. The van der Waals surface area contributed by atoms with E-state index < -0.39 is 60.8 Å². The number of carboxylic acids is 2. The molecule has 28 heavy (non-hydrogen) atoms. The molecule has 0 aromatic heterocycles. The summed E-state index contributed by atoms with van der Waals surface area (Å²) in [4.78, 5) is 58.2. The van der Waals surface area contributed by atoms with Crippen molar-refractivity contribution in [3.8, 4) is 0 Å². The molecule has 0 aromatic carbocycles. The highest BCUT2D eigenvalue weighted by Crippen LogP contribution is 2.06. The lowest BCUT2D eigenvalue weighted by Crippen LogP contribution is -2.55. The monoisotopic (exact) mass is 402 g/mol. The van der Waals surface area contributed by atoms with Crippen LogP contribution in [0.2, 0.25) is 0 Å². The zero-order valence-corrected chi connectivity index (χ0v) is 16.5. The van der Waals surface area contributed by atoms with E-state index in [1.54, 1.807) is 20.8 Å². The van der Waals surface area contributed by atoms with Gasteiger partial charge in [-0.3, -0.25) is 19.2 Å². The van der Waals surface area contributed by atoms with Crippen molar-refractivity contribution in [3.05, 3.63) is 0 Å². The van der Waals surface area contributed by atoms with Gasteiger partial charge in [0, 0.05) is 0 Å². The summed E-state index contributed by atoms with van der Waals surface area (Å²) in [5.74, 6) is -5.42. The number of aliphatic carboxylic acids is 2. The molecule has 11 heteroatoms. The molecule has 0 rings (SSSR count). The molecule has 0 radical (unpaired) electrons. The minimum Gasteiger partial charge on any atom is -0.481 e. The summed E-state index contributed by atoms with van der Waals surface area (Å²) in [6.07, 6.45) is -0.0820. The second kappa shape index (κ2) is 11.9. The third-order valence-corrected chi connectivity index (χ3v) is 4.24. The Morgan fingerprint density at radius 2 is 1.54 bits per heavy atom. The molecule has 0 heterocycles. The number of hydrogen-bond acceptors (Lipinski definition) is 6. The molecule has 0 aliphatic rings. The predicted octanol–water partition coefficient (Wildman–Crippen LogP) is -1.34. The molecular formula is C17H30N4O7. The summed E-state index contributed by atoms with van der Waals surface area (Å²) in [6, 6.07) is -3.47. The first-order chi connectivity index (χ1) is 12.9. The summed E-state index contributed by atoms with van der Waals surface area (Å²) >= 11 is 0. The van der Waals surface area contributed by atoms with Crippen LogP contribution in [-0.4, -0.2) is 64.5 Å². The third kappa shape index (κ3) is 8.80. The van der Waals surface area contributed by atoms with Crippen molar-refractivity contribution < 1.29 is 34.2 Å². The van der Waals surface area contributed by atoms with Crippen molar-refractivity contribution in [1.82, 2.24) is 16.0 Å². The number of amides is 3. The van der Waals surface area contributed by atoms with Gasteiger partial charge in [0.25, 0.3) is 0 Å². The molecule has 4 unspecified atom stereocenters. The van der Waals surface area contributed by atoms with Gasteiger partial charge in [-0.15, -0.1) is 0 Å². The lowest BCUT2D eigenvalue weighted by Gasteiger charge is -2.22. The van der Waals surface area contributed by atoms with Crippen LogP contribution in [0.3, 0.4) is 0 Å². The van der Waals surface area contributed by atoms with Crippen LogP contribution in [0.5, 0.6) is 0 Å². The van der Waals surface area contributed by atoms with Gasteiger partial charge in [0.1, 0.15) is 12.1 Å². The summed E-state index contributed by atoms with van der Waals surface area (Å²) in [5, 5.41) is 24.7. The van der Waals surface area contributed by atoms with Gasteiger partial charge < -0.3 is 31.9 Å². The molecule has 3 amide bonds. The van der Waals surface area contributed by atoms with Crippen molar-refractivity contribution in [1.29, 1.82) is 0 Å². The fraction of sp³-hybridized carbons (Fsp3) is 0.706. The minimum absolute atomic E-state index is 0.177. The summed E-state index contributed by atoms with van der Waals surface area (Å²) < 4.78 is 0. The number of carboxylic acid groups (broad SMARTS) is 2. The van der Waals surface area contributed by atoms with Crippen molar-refractivity contribution in [2.45, 2.75) is 58.7 Å². The van der Waals surface area contributed by atoms with E-state index in [0.717, 1.165) is 0 Å². The summed E-state index contributed by atoms with van der Waals surface area (Å²) in [6.45, 7) is 6.22. The fourth-order valence-corrected chi connectivity index (χ4v) is 2.19. The van der Waals surface area contributed by atoms with E-state index >= 15 is 0 Å². The van der Waals surface area contributed by atoms with E-state index in [9.17, 15) is 24.0 Å². The highest BCUT2D eigenvalue weighted by atomic mass is 16.4. The molecule has 0 saturated carbocycles. The van der Waals surface area contributed by atoms with Gasteiger partial charge in [-0.1, -0.05) is 34.1 Å². The Hall–Kier alpha value is -2.69. The van der Waals surface area contributed by atoms with E-state index in [4.69, 9.17) is 15.9 Å². The Kier molecular flexibility index (Phi) is 10.8. The van der Waals surface area contributed by atoms with E-state index in [1.165, 1.54) is 0 Å². The largest absolute Gasteiger partial charge is 0.481 e. The molecule has 160 valence electrons. The van der Waals surface area contributed by atoms with Crippen LogP contribution >= 0.6 is 0 Å². The number of hydrogen-bond donors (Lipinski definition) is 6. The smallest absolute Gasteiger partial charge is 0.326 e. The molecule has 0 aliphatic carbocycles. The molecule has 0 aromatic rings. The standard InChI is InChI=1S/C17H30N4O7/c1-5-9(4)13(18)16(26)20-10(6-12(23)24)15(25)19-7-11(22)21-14(8(2)3)17(27)28/h8-10,13-14H,5-7,18H2,1-4H3,(H,19,25)(H,20,26)(H,21,22)(H,23,24)(H,27,28). The average Bonchev–Trinajstić information content (AvgIpc) is 2.60. The third-order valence-electron chi connectivity index (χ3n) is 4.24. The van der Waals surface area contributed by atoms with Crippen LogP contribution in [-0.2, 0) is 24.0 Å². The first kappa shape index (κ1) is 25.3. The highest BCUT2D eigenvalue weighted by Gasteiger charge is 2.29. The second-order valence-corrected chi connectivity index (χ2v) is 6.92. The molecule has 0 spiro atoms. The maximum absolute atomic E-state index is 12.2. The Morgan fingerprint density at radius 1 is 0.964 bits per heavy atom. The van der Waals surface area contributed by atoms with Gasteiger partial charge in [-0.05, 0) is 11.8 Å². The van der Waals surface area contributed by atoms with Crippen LogP contribution in [0, 0.1) is 11.8 Å². The van der Waals surface area contributed by atoms with Crippen LogP contribution in [0.4, 0.5) is 0 Å². The van der Waals surface area contributed by atoms with Gasteiger partial charge in [0.2, 0.25) is 17.7 Å². The SMILES string of the molecule is CCC(C)C(N)C(=O)NC(CC(=O)O)C(=O)NCC(=O)NC(C(=O)O)C(C)C. The van der Waals surface area contributed by atoms with Gasteiger partial charge in [0.15, 0.2) is 0 Å².